The molecule has 1 atom stereocenters. The summed E-state index contributed by atoms with van der Waals surface area (Å²) in [5.74, 6) is -0.380. The standard InChI is InChI=1S/C11H16F3N5OS/c12-11(13,14)9-17-18-10(21-9)19-5-1-2-7(6-19)8(20)16-4-3-15/h7H,1-6,15H2,(H,16,20). The van der Waals surface area contributed by atoms with Gasteiger partial charge in [0.15, 0.2) is 0 Å². The molecule has 1 unspecified atom stereocenters. The number of carbonyl (C=O) groups is 1. The first-order valence-electron chi connectivity index (χ1n) is 6.55. The third kappa shape index (κ3) is 4.03. The maximum atomic E-state index is 12.5. The molecular weight excluding hydrogens is 307 g/mol. The molecular formula is C11H16F3N5OS. The van der Waals surface area contributed by atoms with Crippen molar-refractivity contribution >= 4 is 22.4 Å². The highest BCUT2D eigenvalue weighted by atomic mass is 32.1. The van der Waals surface area contributed by atoms with Gasteiger partial charge in [0.1, 0.15) is 0 Å². The largest absolute Gasteiger partial charge is 0.445 e. The Morgan fingerprint density at radius 1 is 1.48 bits per heavy atom. The number of piperidine rings is 1. The van der Waals surface area contributed by atoms with Crippen LogP contribution in [0.15, 0.2) is 0 Å². The summed E-state index contributed by atoms with van der Waals surface area (Å²) in [6.45, 7) is 1.68. The Labute approximate surface area is 123 Å². The number of amides is 1. The maximum absolute atomic E-state index is 12.5. The van der Waals surface area contributed by atoms with Gasteiger partial charge in [-0.05, 0) is 12.8 Å². The second-order valence-corrected chi connectivity index (χ2v) is 5.71. The predicted octanol–water partition coefficient (Wildman–Crippen LogP) is 0.848. The first kappa shape index (κ1) is 16.0. The topological polar surface area (TPSA) is 84.1 Å². The fraction of sp³-hybridized carbons (Fsp3) is 0.727. The summed E-state index contributed by atoms with van der Waals surface area (Å²) in [4.78, 5) is 13.6. The van der Waals surface area contributed by atoms with Crippen molar-refractivity contribution < 1.29 is 18.0 Å². The fourth-order valence-corrected chi connectivity index (χ4v) is 2.91. The SMILES string of the molecule is NCCNC(=O)C1CCCN(c2nnc(C(F)(F)F)s2)C1. The van der Waals surface area contributed by atoms with Crippen LogP contribution in [0.3, 0.4) is 0 Å². The van der Waals surface area contributed by atoms with Gasteiger partial charge in [-0.25, -0.2) is 0 Å². The van der Waals surface area contributed by atoms with Gasteiger partial charge in [-0.2, -0.15) is 13.2 Å². The van der Waals surface area contributed by atoms with Crippen molar-refractivity contribution in [2.45, 2.75) is 19.0 Å². The van der Waals surface area contributed by atoms with E-state index >= 15 is 0 Å². The number of carbonyl (C=O) groups excluding carboxylic acids is 1. The number of nitrogens with two attached hydrogens (primary N) is 1. The average molecular weight is 323 g/mol. The molecule has 1 amide bonds. The minimum Gasteiger partial charge on any atom is -0.355 e. The van der Waals surface area contributed by atoms with E-state index < -0.39 is 11.2 Å². The van der Waals surface area contributed by atoms with Crippen LogP contribution in [0.5, 0.6) is 0 Å². The number of halogens is 3. The van der Waals surface area contributed by atoms with Gasteiger partial charge >= 0.3 is 6.18 Å². The Hall–Kier alpha value is -1.42. The van der Waals surface area contributed by atoms with Gasteiger partial charge in [-0.1, -0.05) is 11.3 Å². The smallest absolute Gasteiger partial charge is 0.355 e. The van der Waals surface area contributed by atoms with Crippen LogP contribution in [0.2, 0.25) is 0 Å². The van der Waals surface area contributed by atoms with Crippen LogP contribution in [-0.4, -0.2) is 42.3 Å². The first-order valence-corrected chi connectivity index (χ1v) is 7.37. The number of alkyl halides is 3. The van der Waals surface area contributed by atoms with Crippen molar-refractivity contribution in [2.75, 3.05) is 31.1 Å². The summed E-state index contributed by atoms with van der Waals surface area (Å²) in [7, 11) is 0. The van der Waals surface area contributed by atoms with Crippen molar-refractivity contribution in [3.63, 3.8) is 0 Å². The van der Waals surface area contributed by atoms with Crippen LogP contribution >= 0.6 is 11.3 Å². The lowest BCUT2D eigenvalue weighted by Crippen LogP contribution is -2.44. The zero-order valence-corrected chi connectivity index (χ0v) is 12.0. The van der Waals surface area contributed by atoms with Crippen molar-refractivity contribution in [3.8, 4) is 0 Å². The lowest BCUT2D eigenvalue weighted by Gasteiger charge is -2.31. The minimum absolute atomic E-state index is 0.120. The van der Waals surface area contributed by atoms with Gasteiger partial charge in [0.25, 0.3) is 0 Å². The molecule has 2 rings (SSSR count). The van der Waals surface area contributed by atoms with Gasteiger partial charge in [0.05, 0.1) is 5.92 Å². The van der Waals surface area contributed by atoms with E-state index in [1.165, 1.54) is 0 Å². The van der Waals surface area contributed by atoms with Crippen molar-refractivity contribution in [2.24, 2.45) is 11.7 Å². The van der Waals surface area contributed by atoms with Crippen molar-refractivity contribution in [1.82, 2.24) is 15.5 Å². The molecule has 0 aliphatic carbocycles. The van der Waals surface area contributed by atoms with E-state index in [1.54, 1.807) is 4.90 Å². The molecule has 2 heterocycles. The molecule has 0 saturated carbocycles. The van der Waals surface area contributed by atoms with E-state index in [1.807, 2.05) is 0 Å². The maximum Gasteiger partial charge on any atom is 0.445 e. The molecule has 118 valence electrons. The molecule has 1 aromatic heterocycles. The third-order valence-corrected chi connectivity index (χ3v) is 4.19. The predicted molar refractivity (Wildman–Crippen MR) is 71.9 cm³/mol. The fourth-order valence-electron chi connectivity index (χ4n) is 2.16. The number of hydrogen-bond acceptors (Lipinski definition) is 6. The molecule has 21 heavy (non-hydrogen) atoms. The van der Waals surface area contributed by atoms with E-state index in [9.17, 15) is 18.0 Å². The molecule has 0 aromatic carbocycles. The molecule has 1 fully saturated rings. The summed E-state index contributed by atoms with van der Waals surface area (Å²) in [6.07, 6.45) is -3.05. The summed E-state index contributed by atoms with van der Waals surface area (Å²) in [5, 5.41) is 8.69. The van der Waals surface area contributed by atoms with Gasteiger partial charge in [-0.15, -0.1) is 10.2 Å². The summed E-state index contributed by atoms with van der Waals surface area (Å²) >= 11 is 0.505. The van der Waals surface area contributed by atoms with Gasteiger partial charge in [0, 0.05) is 26.2 Å². The van der Waals surface area contributed by atoms with E-state index in [0.717, 1.165) is 6.42 Å². The van der Waals surface area contributed by atoms with Crippen LogP contribution < -0.4 is 16.0 Å². The monoisotopic (exact) mass is 323 g/mol. The lowest BCUT2D eigenvalue weighted by molar-refractivity contribution is -0.138. The van der Waals surface area contributed by atoms with E-state index in [-0.39, 0.29) is 17.0 Å². The first-order chi connectivity index (χ1) is 9.91. The zero-order chi connectivity index (χ0) is 15.5. The Kier molecular flexibility index (Phi) is 4.99. The molecule has 1 saturated heterocycles. The molecule has 6 nitrogen and oxygen atoms in total. The zero-order valence-electron chi connectivity index (χ0n) is 11.2. The molecule has 0 radical (unpaired) electrons. The number of aromatic nitrogens is 2. The van der Waals surface area contributed by atoms with Crippen LogP contribution in [-0.2, 0) is 11.0 Å². The highest BCUT2D eigenvalue weighted by molar-refractivity contribution is 7.15. The number of anilines is 1. The summed E-state index contributed by atoms with van der Waals surface area (Å²) in [6, 6.07) is 0. The second-order valence-electron chi connectivity index (χ2n) is 4.75. The van der Waals surface area contributed by atoms with E-state index in [2.05, 4.69) is 15.5 Å². The molecule has 1 aliphatic heterocycles. The number of hydrogen-bond donors (Lipinski definition) is 2. The van der Waals surface area contributed by atoms with Gasteiger partial charge < -0.3 is 16.0 Å². The minimum atomic E-state index is -4.48. The van der Waals surface area contributed by atoms with Crippen LogP contribution in [0.1, 0.15) is 17.8 Å². The molecule has 0 bridgehead atoms. The van der Waals surface area contributed by atoms with E-state index in [4.69, 9.17) is 5.73 Å². The molecule has 0 spiro atoms. The highest BCUT2D eigenvalue weighted by Gasteiger charge is 2.37. The number of nitrogens with one attached hydrogen (secondary N) is 1. The highest BCUT2D eigenvalue weighted by Crippen LogP contribution is 2.35. The van der Waals surface area contributed by atoms with E-state index in [0.29, 0.717) is 43.9 Å². The summed E-state index contributed by atoms with van der Waals surface area (Å²) in [5.41, 5.74) is 5.32. The quantitative estimate of drug-likeness (QED) is 0.858. The molecule has 1 aliphatic rings. The molecule has 10 heteroatoms. The van der Waals surface area contributed by atoms with Crippen LogP contribution in [0, 0.1) is 5.92 Å². The Morgan fingerprint density at radius 3 is 2.86 bits per heavy atom. The second kappa shape index (κ2) is 6.56. The number of rotatable bonds is 4. The van der Waals surface area contributed by atoms with Crippen LogP contribution in [0.25, 0.3) is 0 Å². The Balaban J connectivity index is 2.00. The summed E-state index contributed by atoms with van der Waals surface area (Å²) < 4.78 is 37.6. The lowest BCUT2D eigenvalue weighted by atomic mass is 9.97. The molecule has 3 N–H and O–H groups in total. The van der Waals surface area contributed by atoms with Crippen molar-refractivity contribution in [3.05, 3.63) is 5.01 Å². The Morgan fingerprint density at radius 2 is 2.24 bits per heavy atom. The van der Waals surface area contributed by atoms with Crippen molar-refractivity contribution in [1.29, 1.82) is 0 Å². The Bertz CT molecular complexity index is 492. The molecule has 1 aromatic rings. The van der Waals surface area contributed by atoms with Gasteiger partial charge in [-0.3, -0.25) is 4.79 Å². The third-order valence-electron chi connectivity index (χ3n) is 3.16. The number of nitrogens with zero attached hydrogens (tertiary/aromatic N) is 3. The average Bonchev–Trinajstić information content (AvgIpc) is 2.95. The normalized spacial score (nSPS) is 19.6. The van der Waals surface area contributed by atoms with Crippen LogP contribution in [0.4, 0.5) is 18.3 Å². The van der Waals surface area contributed by atoms with Gasteiger partial charge in [0.2, 0.25) is 16.0 Å².